The van der Waals surface area contributed by atoms with Gasteiger partial charge in [0, 0.05) is 7.05 Å². The lowest BCUT2D eigenvalue weighted by molar-refractivity contribution is 0.0689. The molecule has 0 atom stereocenters. The number of aromatic carboxylic acids is 1. The molecule has 2 rings (SSSR count). The summed E-state index contributed by atoms with van der Waals surface area (Å²) in [7, 11) is 1.70. The summed E-state index contributed by atoms with van der Waals surface area (Å²) in [5.74, 6) is -0.989. The second kappa shape index (κ2) is 6.68. The Labute approximate surface area is 117 Å². The van der Waals surface area contributed by atoms with Gasteiger partial charge in [-0.3, -0.25) is 4.68 Å². The van der Waals surface area contributed by atoms with Gasteiger partial charge in [0.05, 0.1) is 25.1 Å². The zero-order chi connectivity index (χ0) is 14.4. The van der Waals surface area contributed by atoms with Crippen molar-refractivity contribution < 1.29 is 14.6 Å². The highest BCUT2D eigenvalue weighted by atomic mass is 16.5. The van der Waals surface area contributed by atoms with Crippen LogP contribution in [0.15, 0.2) is 42.6 Å². The van der Waals surface area contributed by atoms with Crippen LogP contribution in [0.1, 0.15) is 21.6 Å². The maximum atomic E-state index is 11.0. The van der Waals surface area contributed by atoms with Crippen LogP contribution in [0.25, 0.3) is 6.08 Å². The highest BCUT2D eigenvalue weighted by Crippen LogP contribution is 2.09. The molecule has 0 amide bonds. The van der Waals surface area contributed by atoms with Crippen LogP contribution in [-0.4, -0.2) is 27.5 Å². The predicted octanol–water partition coefficient (Wildman–Crippen LogP) is 2.35. The predicted molar refractivity (Wildman–Crippen MR) is 75.3 cm³/mol. The van der Waals surface area contributed by atoms with Gasteiger partial charge in [0.15, 0.2) is 0 Å². The fourth-order valence-electron chi connectivity index (χ4n) is 1.78. The van der Waals surface area contributed by atoms with Gasteiger partial charge >= 0.3 is 5.97 Å². The Balaban J connectivity index is 1.86. The molecule has 0 saturated heterocycles. The van der Waals surface area contributed by atoms with Crippen LogP contribution in [0, 0.1) is 0 Å². The summed E-state index contributed by atoms with van der Waals surface area (Å²) in [5.41, 5.74) is 1.84. The number of carboxylic acid groups (broad SMARTS) is 1. The largest absolute Gasteiger partial charge is 0.478 e. The van der Waals surface area contributed by atoms with Crippen molar-refractivity contribution in [3.8, 4) is 0 Å². The molecule has 0 bridgehead atoms. The first kappa shape index (κ1) is 14.0. The SMILES string of the molecule is Cn1ncc(C(=O)O)c1COC/C=C/c1ccccc1. The number of hydrogen-bond acceptors (Lipinski definition) is 3. The molecule has 0 aliphatic carbocycles. The van der Waals surface area contributed by atoms with E-state index in [0.29, 0.717) is 12.3 Å². The van der Waals surface area contributed by atoms with Gasteiger partial charge in [0.1, 0.15) is 5.56 Å². The zero-order valence-corrected chi connectivity index (χ0v) is 11.2. The van der Waals surface area contributed by atoms with Gasteiger partial charge in [-0.25, -0.2) is 4.79 Å². The van der Waals surface area contributed by atoms with Crippen molar-refractivity contribution in [3.05, 3.63) is 59.4 Å². The quantitative estimate of drug-likeness (QED) is 0.820. The third-order valence-corrected chi connectivity index (χ3v) is 2.85. The van der Waals surface area contributed by atoms with E-state index in [0.717, 1.165) is 5.56 Å². The topological polar surface area (TPSA) is 64.4 Å². The van der Waals surface area contributed by atoms with Crippen molar-refractivity contribution in [1.29, 1.82) is 0 Å². The monoisotopic (exact) mass is 272 g/mol. The Hall–Kier alpha value is -2.40. The van der Waals surface area contributed by atoms with Crippen LogP contribution < -0.4 is 0 Å². The van der Waals surface area contributed by atoms with Crippen LogP contribution in [0.4, 0.5) is 0 Å². The van der Waals surface area contributed by atoms with Gasteiger partial charge in [-0.1, -0.05) is 42.5 Å². The van der Waals surface area contributed by atoms with E-state index in [1.54, 1.807) is 7.05 Å². The second-order valence-corrected chi connectivity index (χ2v) is 4.26. The van der Waals surface area contributed by atoms with Crippen LogP contribution in [-0.2, 0) is 18.4 Å². The number of nitrogens with zero attached hydrogens (tertiary/aromatic N) is 2. The van der Waals surface area contributed by atoms with E-state index < -0.39 is 5.97 Å². The molecule has 0 fully saturated rings. The number of carboxylic acids is 1. The first-order valence-corrected chi connectivity index (χ1v) is 6.22. The minimum absolute atomic E-state index is 0.180. The normalized spacial score (nSPS) is 11.1. The summed E-state index contributed by atoms with van der Waals surface area (Å²) in [6.07, 6.45) is 5.19. The Morgan fingerprint density at radius 1 is 1.40 bits per heavy atom. The molecular formula is C15H16N2O3. The number of hydrogen-bond donors (Lipinski definition) is 1. The van der Waals surface area contributed by atoms with Crippen molar-refractivity contribution in [1.82, 2.24) is 9.78 Å². The maximum absolute atomic E-state index is 11.0. The number of rotatable bonds is 6. The molecule has 1 N–H and O–H groups in total. The first-order valence-electron chi connectivity index (χ1n) is 6.22. The Morgan fingerprint density at radius 3 is 2.85 bits per heavy atom. The molecule has 1 aromatic heterocycles. The lowest BCUT2D eigenvalue weighted by atomic mass is 10.2. The molecule has 5 nitrogen and oxygen atoms in total. The van der Waals surface area contributed by atoms with E-state index in [1.807, 2.05) is 42.5 Å². The number of carbonyl (C=O) groups is 1. The molecule has 0 spiro atoms. The molecule has 1 heterocycles. The number of aromatic nitrogens is 2. The molecule has 0 unspecified atom stereocenters. The van der Waals surface area contributed by atoms with Gasteiger partial charge in [-0.15, -0.1) is 0 Å². The summed E-state index contributed by atoms with van der Waals surface area (Å²) >= 11 is 0. The van der Waals surface area contributed by atoms with Gasteiger partial charge < -0.3 is 9.84 Å². The summed E-state index contributed by atoms with van der Waals surface area (Å²) in [6, 6.07) is 9.90. The van der Waals surface area contributed by atoms with Gasteiger partial charge in [-0.05, 0) is 5.56 Å². The summed E-state index contributed by atoms with van der Waals surface area (Å²) in [6.45, 7) is 0.635. The summed E-state index contributed by atoms with van der Waals surface area (Å²) in [4.78, 5) is 11.0. The second-order valence-electron chi connectivity index (χ2n) is 4.26. The van der Waals surface area contributed by atoms with E-state index in [-0.39, 0.29) is 12.2 Å². The van der Waals surface area contributed by atoms with Crippen molar-refractivity contribution in [2.45, 2.75) is 6.61 Å². The van der Waals surface area contributed by atoms with E-state index >= 15 is 0 Å². The molecule has 0 radical (unpaired) electrons. The number of ether oxygens (including phenoxy) is 1. The minimum atomic E-state index is -0.989. The lowest BCUT2D eigenvalue weighted by Gasteiger charge is -2.03. The maximum Gasteiger partial charge on any atom is 0.339 e. The number of aryl methyl sites for hydroxylation is 1. The van der Waals surface area contributed by atoms with Crippen molar-refractivity contribution in [2.24, 2.45) is 7.05 Å². The third kappa shape index (κ3) is 3.55. The third-order valence-electron chi connectivity index (χ3n) is 2.85. The highest BCUT2D eigenvalue weighted by Gasteiger charge is 2.14. The Kier molecular flexibility index (Phi) is 4.68. The van der Waals surface area contributed by atoms with E-state index in [1.165, 1.54) is 10.9 Å². The average Bonchev–Trinajstić information content (AvgIpc) is 2.81. The lowest BCUT2D eigenvalue weighted by Crippen LogP contribution is -2.07. The van der Waals surface area contributed by atoms with Crippen LogP contribution in [0.3, 0.4) is 0 Å². The van der Waals surface area contributed by atoms with E-state index in [4.69, 9.17) is 9.84 Å². The molecule has 104 valence electrons. The molecule has 5 heteroatoms. The van der Waals surface area contributed by atoms with E-state index in [2.05, 4.69) is 5.10 Å². The van der Waals surface area contributed by atoms with Crippen molar-refractivity contribution in [3.63, 3.8) is 0 Å². The summed E-state index contributed by atoms with van der Waals surface area (Å²) in [5, 5.41) is 12.9. The van der Waals surface area contributed by atoms with Gasteiger partial charge in [0.25, 0.3) is 0 Å². The first-order chi connectivity index (χ1) is 9.68. The molecular weight excluding hydrogens is 256 g/mol. The highest BCUT2D eigenvalue weighted by molar-refractivity contribution is 5.88. The molecule has 2 aromatic rings. The zero-order valence-electron chi connectivity index (χ0n) is 11.2. The van der Waals surface area contributed by atoms with Crippen LogP contribution in [0.5, 0.6) is 0 Å². The smallest absolute Gasteiger partial charge is 0.339 e. The van der Waals surface area contributed by atoms with E-state index in [9.17, 15) is 4.79 Å². The van der Waals surface area contributed by atoms with Gasteiger partial charge in [-0.2, -0.15) is 5.10 Å². The Morgan fingerprint density at radius 2 is 2.15 bits per heavy atom. The molecule has 1 aromatic carbocycles. The molecule has 0 saturated carbocycles. The van der Waals surface area contributed by atoms with Crippen molar-refractivity contribution in [2.75, 3.05) is 6.61 Å². The Bertz CT molecular complexity index is 603. The molecule has 0 aliphatic rings. The summed E-state index contributed by atoms with van der Waals surface area (Å²) < 4.78 is 6.98. The van der Waals surface area contributed by atoms with Crippen molar-refractivity contribution >= 4 is 12.0 Å². The average molecular weight is 272 g/mol. The number of benzene rings is 1. The standard InChI is InChI=1S/C15H16N2O3/c1-17-14(13(10-16-17)15(18)19)11-20-9-5-8-12-6-3-2-4-7-12/h2-8,10H,9,11H2,1H3,(H,18,19)/b8-5+. The minimum Gasteiger partial charge on any atom is -0.478 e. The van der Waals surface area contributed by atoms with Gasteiger partial charge in [0.2, 0.25) is 0 Å². The molecule has 0 aliphatic heterocycles. The fourth-order valence-corrected chi connectivity index (χ4v) is 1.78. The van der Waals surface area contributed by atoms with Crippen LogP contribution >= 0.6 is 0 Å². The molecule has 20 heavy (non-hydrogen) atoms. The fraction of sp³-hybridized carbons (Fsp3) is 0.200. The van der Waals surface area contributed by atoms with Crippen LogP contribution in [0.2, 0.25) is 0 Å².